The van der Waals surface area contributed by atoms with E-state index in [9.17, 15) is 4.79 Å². The minimum Gasteiger partial charge on any atom is -0.322 e. The summed E-state index contributed by atoms with van der Waals surface area (Å²) in [6, 6.07) is 5.50. The number of nitrogens with zero attached hydrogens (tertiary/aromatic N) is 2. The van der Waals surface area contributed by atoms with Crippen LogP contribution >= 0.6 is 11.6 Å². The molecule has 1 aromatic rings. The van der Waals surface area contributed by atoms with Gasteiger partial charge in [-0.2, -0.15) is 0 Å². The fourth-order valence-electron chi connectivity index (χ4n) is 2.41. The van der Waals surface area contributed by atoms with Gasteiger partial charge in [-0.1, -0.05) is 24.6 Å². The van der Waals surface area contributed by atoms with Crippen LogP contribution < -0.4 is 5.32 Å². The Morgan fingerprint density at radius 3 is 2.65 bits per heavy atom. The van der Waals surface area contributed by atoms with Gasteiger partial charge in [0.1, 0.15) is 0 Å². The van der Waals surface area contributed by atoms with Crippen molar-refractivity contribution in [3.8, 4) is 0 Å². The first-order valence-corrected chi connectivity index (χ1v) is 7.52. The van der Waals surface area contributed by atoms with E-state index < -0.39 is 0 Å². The van der Waals surface area contributed by atoms with Gasteiger partial charge in [0.15, 0.2) is 0 Å². The smallest absolute Gasteiger partial charge is 0.321 e. The lowest BCUT2D eigenvalue weighted by atomic mass is 10.2. The first-order valence-electron chi connectivity index (χ1n) is 7.14. The van der Waals surface area contributed by atoms with Crippen LogP contribution in [0.3, 0.4) is 0 Å². The third-order valence-corrected chi connectivity index (χ3v) is 3.88. The van der Waals surface area contributed by atoms with Crippen LogP contribution in [0.1, 0.15) is 18.9 Å². The Hall–Kier alpha value is -1.26. The van der Waals surface area contributed by atoms with Crippen LogP contribution in [0, 0.1) is 6.92 Å². The molecule has 4 nitrogen and oxygen atoms in total. The van der Waals surface area contributed by atoms with Crippen LogP contribution in [-0.2, 0) is 0 Å². The van der Waals surface area contributed by atoms with Crippen molar-refractivity contribution in [1.82, 2.24) is 9.80 Å². The molecule has 0 atom stereocenters. The molecule has 0 saturated carbocycles. The molecule has 0 bridgehead atoms. The Balaban J connectivity index is 1.91. The van der Waals surface area contributed by atoms with E-state index in [4.69, 9.17) is 11.6 Å². The average Bonchev–Trinajstić information content (AvgIpc) is 2.44. The van der Waals surface area contributed by atoms with E-state index >= 15 is 0 Å². The summed E-state index contributed by atoms with van der Waals surface area (Å²) in [5.41, 5.74) is 1.81. The molecular formula is C15H22ClN3O. The summed E-state index contributed by atoms with van der Waals surface area (Å²) >= 11 is 5.97. The molecular weight excluding hydrogens is 274 g/mol. The normalized spacial score (nSPS) is 16.2. The second-order valence-corrected chi connectivity index (χ2v) is 5.65. The maximum atomic E-state index is 12.2. The average molecular weight is 296 g/mol. The van der Waals surface area contributed by atoms with Gasteiger partial charge in [-0.25, -0.2) is 4.79 Å². The monoisotopic (exact) mass is 295 g/mol. The minimum absolute atomic E-state index is 0.0356. The SMILES string of the molecule is CCCN1CCN(C(=O)Nc2cc(Cl)ccc2C)CC1. The molecule has 0 spiro atoms. The molecule has 1 N–H and O–H groups in total. The summed E-state index contributed by atoms with van der Waals surface area (Å²) in [5, 5.41) is 3.59. The van der Waals surface area contributed by atoms with E-state index in [1.54, 1.807) is 6.07 Å². The number of amides is 2. The molecule has 2 amide bonds. The first-order chi connectivity index (χ1) is 9.60. The lowest BCUT2D eigenvalue weighted by Gasteiger charge is -2.34. The molecule has 0 unspecified atom stereocenters. The molecule has 110 valence electrons. The van der Waals surface area contributed by atoms with Crippen LogP contribution in [-0.4, -0.2) is 48.6 Å². The van der Waals surface area contributed by atoms with Gasteiger partial charge < -0.3 is 10.2 Å². The molecule has 0 aliphatic carbocycles. The van der Waals surface area contributed by atoms with Crippen molar-refractivity contribution in [1.29, 1.82) is 0 Å². The number of benzene rings is 1. The van der Waals surface area contributed by atoms with Crippen LogP contribution in [0.25, 0.3) is 0 Å². The highest BCUT2D eigenvalue weighted by Crippen LogP contribution is 2.20. The molecule has 5 heteroatoms. The van der Waals surface area contributed by atoms with E-state index in [1.807, 2.05) is 24.0 Å². The molecule has 2 rings (SSSR count). The zero-order valence-electron chi connectivity index (χ0n) is 12.2. The summed E-state index contributed by atoms with van der Waals surface area (Å²) in [6.07, 6.45) is 1.16. The highest BCUT2D eigenvalue weighted by atomic mass is 35.5. The standard InChI is InChI=1S/C15H22ClN3O/c1-3-6-18-7-9-19(10-8-18)15(20)17-14-11-13(16)5-4-12(14)2/h4-5,11H,3,6-10H2,1-2H3,(H,17,20). The molecule has 1 aliphatic rings. The number of urea groups is 1. The van der Waals surface area contributed by atoms with Gasteiger partial charge in [-0.3, -0.25) is 4.90 Å². The highest BCUT2D eigenvalue weighted by molar-refractivity contribution is 6.31. The molecule has 0 radical (unpaired) electrons. The highest BCUT2D eigenvalue weighted by Gasteiger charge is 2.20. The maximum absolute atomic E-state index is 12.2. The first kappa shape index (κ1) is 15.1. The number of piperazine rings is 1. The van der Waals surface area contributed by atoms with E-state index in [0.717, 1.165) is 50.4 Å². The lowest BCUT2D eigenvalue weighted by Crippen LogP contribution is -2.50. The van der Waals surface area contributed by atoms with E-state index in [2.05, 4.69) is 17.1 Å². The summed E-state index contributed by atoms with van der Waals surface area (Å²) in [6.45, 7) is 8.73. The fourth-order valence-corrected chi connectivity index (χ4v) is 2.59. The zero-order valence-corrected chi connectivity index (χ0v) is 12.9. The molecule has 0 aromatic heterocycles. The number of aryl methyl sites for hydroxylation is 1. The summed E-state index contributed by atoms with van der Waals surface area (Å²) in [7, 11) is 0. The topological polar surface area (TPSA) is 35.6 Å². The summed E-state index contributed by atoms with van der Waals surface area (Å²) < 4.78 is 0. The van der Waals surface area contributed by atoms with E-state index in [-0.39, 0.29) is 6.03 Å². The maximum Gasteiger partial charge on any atom is 0.321 e. The predicted molar refractivity (Wildman–Crippen MR) is 83.5 cm³/mol. The largest absolute Gasteiger partial charge is 0.322 e. The Labute approximate surface area is 125 Å². The van der Waals surface area contributed by atoms with Crippen molar-refractivity contribution in [3.63, 3.8) is 0 Å². The van der Waals surface area contributed by atoms with Gasteiger partial charge in [0.05, 0.1) is 0 Å². The van der Waals surface area contributed by atoms with Gasteiger partial charge in [-0.15, -0.1) is 0 Å². The minimum atomic E-state index is -0.0356. The van der Waals surface area contributed by atoms with Crippen molar-refractivity contribution in [3.05, 3.63) is 28.8 Å². The van der Waals surface area contributed by atoms with E-state index in [1.165, 1.54) is 0 Å². The van der Waals surface area contributed by atoms with E-state index in [0.29, 0.717) is 5.02 Å². The van der Waals surface area contributed by atoms with Crippen LogP contribution in [0.2, 0.25) is 5.02 Å². The number of halogens is 1. The van der Waals surface area contributed by atoms with Crippen LogP contribution in [0.15, 0.2) is 18.2 Å². The van der Waals surface area contributed by atoms with Crippen molar-refractivity contribution in [2.24, 2.45) is 0 Å². The molecule has 1 fully saturated rings. The quantitative estimate of drug-likeness (QED) is 0.929. The molecule has 1 aromatic carbocycles. The van der Waals surface area contributed by atoms with Gasteiger partial charge in [0.25, 0.3) is 0 Å². The number of carbonyl (C=O) groups is 1. The lowest BCUT2D eigenvalue weighted by molar-refractivity contribution is 0.147. The van der Waals surface area contributed by atoms with Crippen LogP contribution in [0.5, 0.6) is 0 Å². The Morgan fingerprint density at radius 2 is 2.00 bits per heavy atom. The number of nitrogens with one attached hydrogen (secondary N) is 1. The van der Waals surface area contributed by atoms with Crippen molar-refractivity contribution < 1.29 is 4.79 Å². The fraction of sp³-hybridized carbons (Fsp3) is 0.533. The second kappa shape index (κ2) is 6.95. The zero-order chi connectivity index (χ0) is 14.5. The second-order valence-electron chi connectivity index (χ2n) is 5.22. The Kier molecular flexibility index (Phi) is 5.26. The molecule has 1 saturated heterocycles. The third kappa shape index (κ3) is 3.87. The third-order valence-electron chi connectivity index (χ3n) is 3.64. The number of hydrogen-bond acceptors (Lipinski definition) is 2. The van der Waals surface area contributed by atoms with Gasteiger partial charge >= 0.3 is 6.03 Å². The Bertz CT molecular complexity index is 470. The summed E-state index contributed by atoms with van der Waals surface area (Å²) in [4.78, 5) is 16.5. The number of anilines is 1. The van der Waals surface area contributed by atoms with Crippen molar-refractivity contribution >= 4 is 23.3 Å². The van der Waals surface area contributed by atoms with Crippen molar-refractivity contribution in [2.45, 2.75) is 20.3 Å². The number of rotatable bonds is 3. The molecule has 1 heterocycles. The van der Waals surface area contributed by atoms with Gasteiger partial charge in [0.2, 0.25) is 0 Å². The summed E-state index contributed by atoms with van der Waals surface area (Å²) in [5.74, 6) is 0. The van der Waals surface area contributed by atoms with Crippen LogP contribution in [0.4, 0.5) is 10.5 Å². The predicted octanol–water partition coefficient (Wildman–Crippen LogP) is 3.21. The Morgan fingerprint density at radius 1 is 1.30 bits per heavy atom. The molecule has 1 aliphatic heterocycles. The van der Waals surface area contributed by atoms with Gasteiger partial charge in [-0.05, 0) is 37.6 Å². The number of hydrogen-bond donors (Lipinski definition) is 1. The number of carbonyl (C=O) groups excluding carboxylic acids is 1. The molecule has 20 heavy (non-hydrogen) atoms. The van der Waals surface area contributed by atoms with Crippen molar-refractivity contribution in [2.75, 3.05) is 38.0 Å². The van der Waals surface area contributed by atoms with Gasteiger partial charge in [0, 0.05) is 36.9 Å².